The van der Waals surface area contributed by atoms with Crippen molar-refractivity contribution in [1.29, 1.82) is 0 Å². The van der Waals surface area contributed by atoms with E-state index in [1.54, 1.807) is 6.07 Å². The largest absolute Gasteiger partial charge is 0.492 e. The fourth-order valence-corrected chi connectivity index (χ4v) is 5.60. The number of anilines is 3. The van der Waals surface area contributed by atoms with Gasteiger partial charge in [0.2, 0.25) is 0 Å². The van der Waals surface area contributed by atoms with Gasteiger partial charge in [0.05, 0.1) is 28.4 Å². The van der Waals surface area contributed by atoms with Crippen molar-refractivity contribution in [2.24, 2.45) is 0 Å². The predicted octanol–water partition coefficient (Wildman–Crippen LogP) is 7.19. The molecule has 1 saturated heterocycles. The Morgan fingerprint density at radius 1 is 1.03 bits per heavy atom. The number of piperidine rings is 1. The van der Waals surface area contributed by atoms with Crippen LogP contribution < -0.4 is 25.8 Å². The van der Waals surface area contributed by atoms with Crippen molar-refractivity contribution in [2.45, 2.75) is 45.6 Å². The Hall–Kier alpha value is -3.48. The topological polar surface area (TPSA) is 69.4 Å². The second kappa shape index (κ2) is 11.7. The summed E-state index contributed by atoms with van der Waals surface area (Å²) >= 11 is 6.70. The van der Waals surface area contributed by atoms with Crippen LogP contribution in [0.5, 0.6) is 5.75 Å². The van der Waals surface area contributed by atoms with Gasteiger partial charge in [0.15, 0.2) is 0 Å². The van der Waals surface area contributed by atoms with E-state index in [0.717, 1.165) is 58.5 Å². The highest BCUT2D eigenvalue weighted by Crippen LogP contribution is 2.39. The number of benzene rings is 3. The predicted molar refractivity (Wildman–Crippen MR) is 164 cm³/mol. The molecule has 39 heavy (non-hydrogen) atoms. The van der Waals surface area contributed by atoms with Crippen LogP contribution in [0.2, 0.25) is 5.02 Å². The van der Waals surface area contributed by atoms with Crippen LogP contribution in [-0.2, 0) is 0 Å². The summed E-state index contributed by atoms with van der Waals surface area (Å²) in [7, 11) is 4.03. The minimum Gasteiger partial charge on any atom is -0.492 e. The normalized spacial score (nSPS) is 15.4. The van der Waals surface area contributed by atoms with Gasteiger partial charge >= 0.3 is 0 Å². The summed E-state index contributed by atoms with van der Waals surface area (Å²) in [5, 5.41) is 8.38. The van der Waals surface area contributed by atoms with Gasteiger partial charge in [0, 0.05) is 36.9 Å². The Morgan fingerprint density at radius 3 is 2.44 bits per heavy atom. The van der Waals surface area contributed by atoms with Crippen LogP contribution in [0.15, 0.2) is 59.4 Å². The van der Waals surface area contributed by atoms with Gasteiger partial charge in [-0.2, -0.15) is 0 Å². The fourth-order valence-electron chi connectivity index (χ4n) is 5.39. The second-order valence-corrected chi connectivity index (χ2v) is 11.2. The number of fused-ring (bicyclic) bond motifs is 1. The lowest BCUT2D eigenvalue weighted by molar-refractivity contribution is 0.271. The number of aryl methyl sites for hydroxylation is 2. The van der Waals surface area contributed by atoms with Crippen molar-refractivity contribution < 1.29 is 4.74 Å². The number of hydrogen-bond acceptors (Lipinski definition) is 5. The molecule has 0 saturated carbocycles. The average Bonchev–Trinajstić information content (AvgIpc) is 2.89. The van der Waals surface area contributed by atoms with Crippen molar-refractivity contribution >= 4 is 39.6 Å². The number of H-pyrrole nitrogens is 1. The molecule has 4 aromatic rings. The molecule has 0 spiro atoms. The van der Waals surface area contributed by atoms with Crippen LogP contribution in [0.1, 0.15) is 36.8 Å². The van der Waals surface area contributed by atoms with E-state index in [1.807, 2.05) is 58.3 Å². The SMILES string of the molecule is Cc1cc(C)cc(-c2c(OCC[C@@H]3CCCCN3)c3cc(Nc4ccc(N(C)C)cc4)c(Cl)cc3[nH]c2=O)c1. The van der Waals surface area contributed by atoms with Gasteiger partial charge in [-0.1, -0.05) is 47.3 Å². The van der Waals surface area contributed by atoms with E-state index in [0.29, 0.717) is 34.5 Å². The Labute approximate surface area is 235 Å². The maximum atomic E-state index is 13.5. The highest BCUT2D eigenvalue weighted by atomic mass is 35.5. The summed E-state index contributed by atoms with van der Waals surface area (Å²) in [6.45, 7) is 5.66. The van der Waals surface area contributed by atoms with Crippen LogP contribution >= 0.6 is 11.6 Å². The maximum Gasteiger partial charge on any atom is 0.260 e. The number of aromatic nitrogens is 1. The third-order valence-electron chi connectivity index (χ3n) is 7.35. The molecule has 3 aromatic carbocycles. The zero-order chi connectivity index (χ0) is 27.5. The molecule has 6 nitrogen and oxygen atoms in total. The van der Waals surface area contributed by atoms with Gasteiger partial charge in [0.25, 0.3) is 5.56 Å². The summed E-state index contributed by atoms with van der Waals surface area (Å²) in [4.78, 5) is 18.6. The number of aromatic amines is 1. The third kappa shape index (κ3) is 6.23. The zero-order valence-corrected chi connectivity index (χ0v) is 23.9. The molecule has 0 bridgehead atoms. The van der Waals surface area contributed by atoms with Crippen LogP contribution in [0.3, 0.4) is 0 Å². The Bertz CT molecular complexity index is 1500. The van der Waals surface area contributed by atoms with Crippen LogP contribution in [0.4, 0.5) is 17.1 Å². The lowest BCUT2D eigenvalue weighted by Crippen LogP contribution is -2.35. The van der Waals surface area contributed by atoms with Crippen molar-refractivity contribution in [3.05, 3.63) is 81.1 Å². The van der Waals surface area contributed by atoms with Crippen molar-refractivity contribution in [3.63, 3.8) is 0 Å². The molecule has 0 unspecified atom stereocenters. The molecule has 2 heterocycles. The first-order valence-electron chi connectivity index (χ1n) is 13.7. The van der Waals surface area contributed by atoms with E-state index in [2.05, 4.69) is 38.7 Å². The van der Waals surface area contributed by atoms with E-state index >= 15 is 0 Å². The molecule has 204 valence electrons. The minimum absolute atomic E-state index is 0.186. The maximum absolute atomic E-state index is 13.5. The number of rotatable bonds is 8. The van der Waals surface area contributed by atoms with E-state index in [1.165, 1.54) is 12.8 Å². The molecular weight excluding hydrogens is 508 g/mol. The molecule has 3 N–H and O–H groups in total. The lowest BCUT2D eigenvalue weighted by Gasteiger charge is -2.24. The summed E-state index contributed by atoms with van der Waals surface area (Å²) in [5.74, 6) is 0.595. The molecule has 1 aromatic heterocycles. The summed E-state index contributed by atoms with van der Waals surface area (Å²) in [5.41, 5.74) is 6.85. The van der Waals surface area contributed by atoms with Gasteiger partial charge in [-0.25, -0.2) is 0 Å². The average molecular weight is 545 g/mol. The van der Waals surface area contributed by atoms with E-state index in [4.69, 9.17) is 16.3 Å². The summed E-state index contributed by atoms with van der Waals surface area (Å²) < 4.78 is 6.52. The molecule has 1 atom stereocenters. The first-order valence-corrected chi connectivity index (χ1v) is 14.0. The fraction of sp³-hybridized carbons (Fsp3) is 0.344. The Balaban J connectivity index is 1.58. The molecule has 7 heteroatoms. The van der Waals surface area contributed by atoms with Crippen molar-refractivity contribution in [2.75, 3.05) is 37.5 Å². The molecule has 1 aliphatic rings. The first kappa shape index (κ1) is 27.1. The Morgan fingerprint density at radius 2 is 1.77 bits per heavy atom. The van der Waals surface area contributed by atoms with Gasteiger partial charge in [-0.05, 0) is 81.6 Å². The third-order valence-corrected chi connectivity index (χ3v) is 7.67. The highest BCUT2D eigenvalue weighted by molar-refractivity contribution is 6.34. The van der Waals surface area contributed by atoms with Gasteiger partial charge < -0.3 is 25.3 Å². The molecule has 0 radical (unpaired) electrons. The van der Waals surface area contributed by atoms with Gasteiger partial charge in [0.1, 0.15) is 5.75 Å². The van der Waals surface area contributed by atoms with Gasteiger partial charge in [-0.15, -0.1) is 0 Å². The minimum atomic E-state index is -0.186. The number of nitrogens with zero attached hydrogens (tertiary/aromatic N) is 1. The lowest BCUT2D eigenvalue weighted by atomic mass is 9.99. The van der Waals surface area contributed by atoms with E-state index in [-0.39, 0.29) is 5.56 Å². The summed E-state index contributed by atoms with van der Waals surface area (Å²) in [6, 6.07) is 18.6. The van der Waals surface area contributed by atoms with E-state index < -0.39 is 0 Å². The molecule has 0 amide bonds. The number of hydrogen-bond donors (Lipinski definition) is 3. The summed E-state index contributed by atoms with van der Waals surface area (Å²) in [6.07, 6.45) is 4.50. The number of nitrogens with one attached hydrogen (secondary N) is 3. The smallest absolute Gasteiger partial charge is 0.260 e. The monoisotopic (exact) mass is 544 g/mol. The zero-order valence-electron chi connectivity index (χ0n) is 23.2. The van der Waals surface area contributed by atoms with Gasteiger partial charge in [-0.3, -0.25) is 4.79 Å². The number of pyridine rings is 1. The number of ether oxygens (including phenoxy) is 1. The van der Waals surface area contributed by atoms with E-state index in [9.17, 15) is 4.79 Å². The molecule has 0 aliphatic carbocycles. The van der Waals surface area contributed by atoms with Crippen molar-refractivity contribution in [3.8, 4) is 16.9 Å². The quantitative estimate of drug-likeness (QED) is 0.219. The molecular formula is C32H37ClN4O2. The second-order valence-electron chi connectivity index (χ2n) is 10.8. The molecule has 5 rings (SSSR count). The highest BCUT2D eigenvalue weighted by Gasteiger charge is 2.20. The van der Waals surface area contributed by atoms with Crippen LogP contribution in [0, 0.1) is 13.8 Å². The Kier molecular flexibility index (Phi) is 8.15. The van der Waals surface area contributed by atoms with Crippen LogP contribution in [0.25, 0.3) is 22.0 Å². The molecule has 1 aliphatic heterocycles. The first-order chi connectivity index (χ1) is 18.8. The molecule has 1 fully saturated rings. The van der Waals surface area contributed by atoms with Crippen LogP contribution in [-0.4, -0.2) is 38.3 Å². The van der Waals surface area contributed by atoms with Crippen molar-refractivity contribution in [1.82, 2.24) is 10.3 Å². The standard InChI is InChI=1S/C32H37ClN4O2/c1-20-15-21(2)17-22(16-20)30-31(39-14-12-23-7-5-6-13-34-23)26-18-29(27(33)19-28(26)36-32(30)38)35-24-8-10-25(11-9-24)37(3)4/h8-11,15-19,23,34-35H,5-7,12-14H2,1-4H3,(H,36,38)/t23-/m0/s1. The number of halogens is 1.